The number of rotatable bonds is 3. The Balaban J connectivity index is 0.000000345. The zero-order valence-electron chi connectivity index (χ0n) is 15.4. The van der Waals surface area contributed by atoms with Crippen LogP contribution in [0.15, 0.2) is 24.5 Å². The average molecular weight is 404 g/mol. The Bertz CT molecular complexity index is 671. The van der Waals surface area contributed by atoms with Crippen LogP contribution in [0, 0.1) is 0 Å². The van der Waals surface area contributed by atoms with Crippen LogP contribution in [0.5, 0.6) is 0 Å². The quantitative estimate of drug-likeness (QED) is 0.832. The van der Waals surface area contributed by atoms with Crippen molar-refractivity contribution in [2.75, 3.05) is 19.7 Å². The third-order valence-corrected chi connectivity index (χ3v) is 4.64. The van der Waals surface area contributed by atoms with Crippen LogP contribution in [0.1, 0.15) is 31.7 Å². The van der Waals surface area contributed by atoms with Gasteiger partial charge in [-0.3, -0.25) is 9.78 Å². The van der Waals surface area contributed by atoms with E-state index in [0.717, 1.165) is 31.4 Å². The van der Waals surface area contributed by atoms with Gasteiger partial charge in [-0.15, -0.1) is 0 Å². The molecule has 28 heavy (non-hydrogen) atoms. The number of carboxylic acids is 1. The van der Waals surface area contributed by atoms with Crippen molar-refractivity contribution in [2.24, 2.45) is 0 Å². The van der Waals surface area contributed by atoms with Gasteiger partial charge >= 0.3 is 12.1 Å². The topological polar surface area (TPSA) is 89.0 Å². The maximum Gasteiger partial charge on any atom is 0.490 e. The largest absolute Gasteiger partial charge is 0.490 e. The van der Waals surface area contributed by atoms with E-state index in [1.165, 1.54) is 0 Å². The van der Waals surface area contributed by atoms with E-state index in [-0.39, 0.29) is 17.6 Å². The van der Waals surface area contributed by atoms with Crippen LogP contribution in [-0.4, -0.2) is 64.4 Å². The number of carbonyl (C=O) groups is 2. The summed E-state index contributed by atoms with van der Waals surface area (Å²) in [6, 6.07) is 3.92. The van der Waals surface area contributed by atoms with Crippen molar-refractivity contribution < 1.29 is 37.3 Å². The van der Waals surface area contributed by atoms with Crippen LogP contribution in [0.25, 0.3) is 0 Å². The highest BCUT2D eigenvalue weighted by Crippen LogP contribution is 2.36. The number of carbonyl (C=O) groups excluding carboxylic acids is 1. The van der Waals surface area contributed by atoms with Crippen molar-refractivity contribution in [3.8, 4) is 0 Å². The number of pyridine rings is 1. The second-order valence-electron chi connectivity index (χ2n) is 6.83. The maximum atomic E-state index is 11.6. The Labute approximate surface area is 160 Å². The molecule has 2 fully saturated rings. The van der Waals surface area contributed by atoms with Gasteiger partial charge < -0.3 is 19.5 Å². The number of aromatic nitrogens is 1. The zero-order valence-corrected chi connectivity index (χ0v) is 15.4. The van der Waals surface area contributed by atoms with Gasteiger partial charge in [0.1, 0.15) is 0 Å². The molecule has 0 radical (unpaired) electrons. The number of carboxylic acid groups (broad SMARTS) is 1. The summed E-state index contributed by atoms with van der Waals surface area (Å²) in [4.78, 5) is 26.4. The predicted octanol–water partition coefficient (Wildman–Crippen LogP) is 2.40. The highest BCUT2D eigenvalue weighted by molar-refractivity contribution is 5.73. The van der Waals surface area contributed by atoms with Gasteiger partial charge in [-0.05, 0) is 30.5 Å². The van der Waals surface area contributed by atoms with Crippen LogP contribution < -0.4 is 0 Å². The van der Waals surface area contributed by atoms with E-state index in [1.807, 2.05) is 17.0 Å². The van der Waals surface area contributed by atoms with E-state index in [1.54, 1.807) is 19.3 Å². The van der Waals surface area contributed by atoms with Gasteiger partial charge in [0.15, 0.2) is 0 Å². The van der Waals surface area contributed by atoms with E-state index >= 15 is 0 Å². The molecule has 1 spiro atoms. The molecule has 2 aliphatic rings. The third kappa shape index (κ3) is 6.45. The molecule has 3 rings (SSSR count). The number of amides is 1. The Morgan fingerprint density at radius 2 is 2.04 bits per heavy atom. The first-order chi connectivity index (χ1) is 13.1. The van der Waals surface area contributed by atoms with Crippen LogP contribution in [0.2, 0.25) is 0 Å². The van der Waals surface area contributed by atoms with Gasteiger partial charge in [0.2, 0.25) is 5.91 Å². The number of hydrogen-bond donors (Lipinski definition) is 1. The van der Waals surface area contributed by atoms with E-state index in [0.29, 0.717) is 19.8 Å². The van der Waals surface area contributed by atoms with Crippen molar-refractivity contribution >= 4 is 11.9 Å². The van der Waals surface area contributed by atoms with Crippen molar-refractivity contribution in [1.82, 2.24) is 9.88 Å². The number of piperidine rings is 1. The summed E-state index contributed by atoms with van der Waals surface area (Å²) in [6.45, 7) is 4.39. The molecule has 0 aromatic carbocycles. The SMILES string of the molecule is CC(=O)N1CCC[C@]2(C[C@H](OCc3ccncc3)CO2)C1.O=C(O)C(F)(F)F. The van der Waals surface area contributed by atoms with Gasteiger partial charge in [-0.1, -0.05) is 0 Å². The molecule has 10 heteroatoms. The van der Waals surface area contributed by atoms with Gasteiger partial charge in [-0.2, -0.15) is 13.2 Å². The summed E-state index contributed by atoms with van der Waals surface area (Å²) < 4.78 is 43.7. The highest BCUT2D eigenvalue weighted by atomic mass is 19.4. The lowest BCUT2D eigenvalue weighted by atomic mass is 9.89. The molecule has 1 amide bonds. The van der Waals surface area contributed by atoms with Crippen LogP contribution in [0.4, 0.5) is 13.2 Å². The molecule has 1 aromatic heterocycles. The minimum absolute atomic E-state index is 0.116. The number of hydrogen-bond acceptors (Lipinski definition) is 5. The van der Waals surface area contributed by atoms with Crippen molar-refractivity contribution in [3.05, 3.63) is 30.1 Å². The summed E-state index contributed by atoms with van der Waals surface area (Å²) in [5.41, 5.74) is 0.937. The molecule has 7 nitrogen and oxygen atoms in total. The first-order valence-corrected chi connectivity index (χ1v) is 8.81. The molecule has 0 saturated carbocycles. The summed E-state index contributed by atoms with van der Waals surface area (Å²) in [5.74, 6) is -2.62. The van der Waals surface area contributed by atoms with E-state index in [4.69, 9.17) is 19.4 Å². The molecule has 2 atom stereocenters. The molecule has 0 aliphatic carbocycles. The second-order valence-corrected chi connectivity index (χ2v) is 6.83. The lowest BCUT2D eigenvalue weighted by molar-refractivity contribution is -0.192. The van der Waals surface area contributed by atoms with Crippen molar-refractivity contribution in [3.63, 3.8) is 0 Å². The Kier molecular flexibility index (Phi) is 7.36. The molecule has 156 valence electrons. The summed E-state index contributed by atoms with van der Waals surface area (Å²) in [6.07, 6.45) is 1.49. The van der Waals surface area contributed by atoms with Crippen molar-refractivity contribution in [2.45, 2.75) is 50.7 Å². The average Bonchev–Trinajstić information content (AvgIpc) is 3.03. The van der Waals surface area contributed by atoms with E-state index < -0.39 is 12.1 Å². The fraction of sp³-hybridized carbons (Fsp3) is 0.611. The molecule has 0 unspecified atom stereocenters. The smallest absolute Gasteiger partial charge is 0.475 e. The number of likely N-dealkylation sites (tertiary alicyclic amines) is 1. The van der Waals surface area contributed by atoms with Crippen molar-refractivity contribution in [1.29, 1.82) is 0 Å². The second kappa shape index (κ2) is 9.33. The zero-order chi connectivity index (χ0) is 20.8. The third-order valence-electron chi connectivity index (χ3n) is 4.64. The maximum absolute atomic E-state index is 11.6. The molecule has 1 N–H and O–H groups in total. The van der Waals surface area contributed by atoms with Crippen LogP contribution >= 0.6 is 0 Å². The van der Waals surface area contributed by atoms with Gasteiger partial charge in [0.25, 0.3) is 0 Å². The molecular formula is C18H23F3N2O5. The lowest BCUT2D eigenvalue weighted by Gasteiger charge is -2.39. The molecule has 2 aliphatic heterocycles. The van der Waals surface area contributed by atoms with Crippen LogP contribution in [-0.2, 0) is 25.7 Å². The number of alkyl halides is 3. The van der Waals surface area contributed by atoms with Gasteiger partial charge in [0, 0.05) is 38.8 Å². The minimum atomic E-state index is -5.08. The Hall–Kier alpha value is -2.20. The molecule has 3 heterocycles. The number of ether oxygens (including phenoxy) is 2. The number of halogens is 3. The highest BCUT2D eigenvalue weighted by Gasteiger charge is 2.44. The van der Waals surface area contributed by atoms with Crippen LogP contribution in [0.3, 0.4) is 0 Å². The monoisotopic (exact) mass is 404 g/mol. The van der Waals surface area contributed by atoms with Gasteiger partial charge in [0.05, 0.1) is 24.9 Å². The van der Waals surface area contributed by atoms with E-state index in [2.05, 4.69) is 4.98 Å². The number of aliphatic carboxylic acids is 1. The molecule has 2 saturated heterocycles. The summed E-state index contributed by atoms with van der Waals surface area (Å²) in [5, 5.41) is 7.12. The standard InChI is InChI=1S/C16H22N2O3.C2HF3O2/c1-13(19)18-8-2-5-16(12-18)9-15(11-21-16)20-10-14-3-6-17-7-4-14;3-2(4,5)1(6)7/h3-4,6-7,15H,2,5,8-12H2,1H3;(H,6,7)/t15-,16-;/m0./s1. The fourth-order valence-electron chi connectivity index (χ4n) is 3.25. The first kappa shape index (κ1) is 22.1. The summed E-state index contributed by atoms with van der Waals surface area (Å²) in [7, 11) is 0. The van der Waals surface area contributed by atoms with E-state index in [9.17, 15) is 18.0 Å². The molecular weight excluding hydrogens is 381 g/mol. The summed E-state index contributed by atoms with van der Waals surface area (Å²) >= 11 is 0. The minimum Gasteiger partial charge on any atom is -0.475 e. The predicted molar refractivity (Wildman–Crippen MR) is 91.3 cm³/mol. The Morgan fingerprint density at radius 3 is 2.61 bits per heavy atom. The lowest BCUT2D eigenvalue weighted by Crippen LogP contribution is -2.49. The van der Waals surface area contributed by atoms with Gasteiger partial charge in [-0.25, -0.2) is 4.79 Å². The first-order valence-electron chi connectivity index (χ1n) is 8.81. The normalized spacial score (nSPS) is 24.6. The fourth-order valence-corrected chi connectivity index (χ4v) is 3.25. The molecule has 0 bridgehead atoms. The molecule has 1 aromatic rings. The Morgan fingerprint density at radius 1 is 1.39 bits per heavy atom. The number of nitrogens with zero attached hydrogens (tertiary/aromatic N) is 2.